The molecule has 0 spiro atoms. The molecule has 0 saturated heterocycles. The van der Waals surface area contributed by atoms with Crippen LogP contribution < -0.4 is 11.1 Å². The van der Waals surface area contributed by atoms with Crippen LogP contribution in [0.4, 0.5) is 0 Å². The summed E-state index contributed by atoms with van der Waals surface area (Å²) in [5.74, 6) is 6.46. The average molecular weight is 256 g/mol. The van der Waals surface area contributed by atoms with Gasteiger partial charge in [-0.25, -0.2) is 0 Å². The number of carbonyl (C=O) groups excluding carboxylic acids is 1. The van der Waals surface area contributed by atoms with E-state index in [1.54, 1.807) is 0 Å². The van der Waals surface area contributed by atoms with E-state index in [-0.39, 0.29) is 5.91 Å². The van der Waals surface area contributed by atoms with Crippen molar-refractivity contribution >= 4 is 5.91 Å². The molecule has 0 radical (unpaired) electrons. The van der Waals surface area contributed by atoms with Crippen molar-refractivity contribution in [2.75, 3.05) is 6.54 Å². The summed E-state index contributed by atoms with van der Waals surface area (Å²) in [5.41, 5.74) is 7.85. The van der Waals surface area contributed by atoms with Crippen LogP contribution in [0.1, 0.15) is 41.3 Å². The summed E-state index contributed by atoms with van der Waals surface area (Å²) in [5, 5.41) is 3.07. The number of rotatable bonds is 2. The Morgan fingerprint density at radius 2 is 2.21 bits per heavy atom. The van der Waals surface area contributed by atoms with Crippen molar-refractivity contribution in [2.24, 2.45) is 11.7 Å². The quantitative estimate of drug-likeness (QED) is 0.793. The van der Waals surface area contributed by atoms with Gasteiger partial charge in [-0.3, -0.25) is 4.79 Å². The first-order chi connectivity index (χ1) is 9.10. The van der Waals surface area contributed by atoms with E-state index in [4.69, 9.17) is 5.73 Å². The number of hydrogen-bond donors (Lipinski definition) is 2. The first-order valence-corrected chi connectivity index (χ1v) is 6.70. The van der Waals surface area contributed by atoms with Gasteiger partial charge in [-0.05, 0) is 37.8 Å². The summed E-state index contributed by atoms with van der Waals surface area (Å²) in [6, 6.07) is 6.05. The van der Waals surface area contributed by atoms with Crippen molar-refractivity contribution < 1.29 is 4.79 Å². The first-order valence-electron chi connectivity index (χ1n) is 6.70. The van der Waals surface area contributed by atoms with E-state index in [0.29, 0.717) is 18.2 Å². The van der Waals surface area contributed by atoms with Crippen LogP contribution in [0.25, 0.3) is 0 Å². The molecule has 2 rings (SSSR count). The molecule has 0 aromatic heterocycles. The fraction of sp³-hybridized carbons (Fsp3) is 0.438. The monoisotopic (exact) mass is 256 g/mol. The Balaban J connectivity index is 2.17. The molecule has 0 atom stereocenters. The molecule has 0 heterocycles. The average Bonchev–Trinajstić information content (AvgIpc) is 2.35. The largest absolute Gasteiger partial charge is 0.349 e. The summed E-state index contributed by atoms with van der Waals surface area (Å²) in [4.78, 5) is 12.3. The van der Waals surface area contributed by atoms with Crippen molar-refractivity contribution in [2.45, 2.75) is 32.7 Å². The van der Waals surface area contributed by atoms with Gasteiger partial charge in [0, 0.05) is 11.6 Å². The van der Waals surface area contributed by atoms with E-state index in [2.05, 4.69) is 24.1 Å². The lowest BCUT2D eigenvalue weighted by atomic mass is 9.82. The van der Waals surface area contributed by atoms with Crippen LogP contribution in [0.2, 0.25) is 0 Å². The van der Waals surface area contributed by atoms with Gasteiger partial charge in [-0.1, -0.05) is 30.4 Å². The molecule has 0 aliphatic heterocycles. The van der Waals surface area contributed by atoms with Gasteiger partial charge in [0.05, 0.1) is 12.1 Å². The molecule has 0 unspecified atom stereocenters. The van der Waals surface area contributed by atoms with Crippen molar-refractivity contribution in [3.05, 3.63) is 34.9 Å². The molecule has 1 saturated carbocycles. The van der Waals surface area contributed by atoms with E-state index in [1.807, 2.05) is 25.1 Å². The second kappa shape index (κ2) is 5.90. The fourth-order valence-electron chi connectivity index (χ4n) is 2.38. The highest BCUT2D eigenvalue weighted by Gasteiger charge is 2.27. The molecule has 100 valence electrons. The molecular weight excluding hydrogens is 236 g/mol. The predicted molar refractivity (Wildman–Crippen MR) is 76.8 cm³/mol. The van der Waals surface area contributed by atoms with E-state index in [1.165, 1.54) is 0 Å². The molecule has 3 N–H and O–H groups in total. The molecule has 3 nitrogen and oxygen atoms in total. The maximum atomic E-state index is 12.3. The molecule has 19 heavy (non-hydrogen) atoms. The fourth-order valence-corrected chi connectivity index (χ4v) is 2.38. The maximum absolute atomic E-state index is 12.3. The normalized spacial score (nSPS) is 21.0. The predicted octanol–water partition coefficient (Wildman–Crippen LogP) is 1.83. The first kappa shape index (κ1) is 13.6. The van der Waals surface area contributed by atoms with Crippen LogP contribution in [0.3, 0.4) is 0 Å². The molecule has 1 aromatic rings. The summed E-state index contributed by atoms with van der Waals surface area (Å²) in [7, 11) is 0. The standard InChI is InChI=1S/C16H20N2O/c1-11-5-6-13(4-3-7-17)15(10-11)16(19)18-14-8-12(2)9-14/h5-6,10,12,14H,7-9,17H2,1-2H3,(H,18,19). The molecule has 1 aromatic carbocycles. The minimum absolute atomic E-state index is 0.0260. The summed E-state index contributed by atoms with van der Waals surface area (Å²) < 4.78 is 0. The molecular formula is C16H20N2O. The third-order valence-electron chi connectivity index (χ3n) is 3.45. The maximum Gasteiger partial charge on any atom is 0.252 e. The second-order valence-electron chi connectivity index (χ2n) is 5.30. The van der Waals surface area contributed by atoms with Crippen molar-refractivity contribution in [1.82, 2.24) is 5.32 Å². The molecule has 0 bridgehead atoms. The number of benzene rings is 1. The summed E-state index contributed by atoms with van der Waals surface area (Å²) in [6.07, 6.45) is 2.14. The Morgan fingerprint density at radius 3 is 2.84 bits per heavy atom. The summed E-state index contributed by atoms with van der Waals surface area (Å²) in [6.45, 7) is 4.48. The van der Waals surface area contributed by atoms with E-state index < -0.39 is 0 Å². The highest BCUT2D eigenvalue weighted by Crippen LogP contribution is 2.26. The Labute approximate surface area is 114 Å². The van der Waals surface area contributed by atoms with Crippen molar-refractivity contribution in [1.29, 1.82) is 0 Å². The molecule has 3 heteroatoms. The Hall–Kier alpha value is -1.79. The van der Waals surface area contributed by atoms with E-state index in [9.17, 15) is 4.79 Å². The number of nitrogens with two attached hydrogens (primary N) is 1. The smallest absolute Gasteiger partial charge is 0.252 e. The van der Waals surface area contributed by atoms with Crippen LogP contribution in [-0.2, 0) is 0 Å². The van der Waals surface area contributed by atoms with Crippen LogP contribution in [-0.4, -0.2) is 18.5 Å². The number of carbonyl (C=O) groups is 1. The van der Waals surface area contributed by atoms with Gasteiger partial charge in [0.15, 0.2) is 0 Å². The van der Waals surface area contributed by atoms with Crippen molar-refractivity contribution in [3.8, 4) is 11.8 Å². The van der Waals surface area contributed by atoms with Gasteiger partial charge in [-0.2, -0.15) is 0 Å². The van der Waals surface area contributed by atoms with Gasteiger partial charge < -0.3 is 11.1 Å². The minimum atomic E-state index is -0.0260. The zero-order chi connectivity index (χ0) is 13.8. The van der Waals surface area contributed by atoms with Gasteiger partial charge in [0.25, 0.3) is 5.91 Å². The lowest BCUT2D eigenvalue weighted by molar-refractivity contribution is 0.0896. The van der Waals surface area contributed by atoms with Gasteiger partial charge >= 0.3 is 0 Å². The minimum Gasteiger partial charge on any atom is -0.349 e. The molecule has 1 fully saturated rings. The van der Waals surface area contributed by atoms with Gasteiger partial charge in [0.2, 0.25) is 0 Å². The lowest BCUT2D eigenvalue weighted by Gasteiger charge is -2.33. The Kier molecular flexibility index (Phi) is 4.24. The topological polar surface area (TPSA) is 55.1 Å². The van der Waals surface area contributed by atoms with Crippen LogP contribution in [0.5, 0.6) is 0 Å². The molecule has 1 aliphatic carbocycles. The van der Waals surface area contributed by atoms with Gasteiger partial charge in [-0.15, -0.1) is 0 Å². The highest BCUT2D eigenvalue weighted by molar-refractivity contribution is 5.97. The molecule has 1 aliphatic rings. The lowest BCUT2D eigenvalue weighted by Crippen LogP contribution is -2.43. The Morgan fingerprint density at radius 1 is 1.47 bits per heavy atom. The van der Waals surface area contributed by atoms with E-state index >= 15 is 0 Å². The third-order valence-corrected chi connectivity index (χ3v) is 3.45. The highest BCUT2D eigenvalue weighted by atomic mass is 16.1. The zero-order valence-corrected chi connectivity index (χ0v) is 11.5. The van der Waals surface area contributed by atoms with Gasteiger partial charge in [0.1, 0.15) is 0 Å². The number of amides is 1. The zero-order valence-electron chi connectivity index (χ0n) is 11.5. The summed E-state index contributed by atoms with van der Waals surface area (Å²) >= 11 is 0. The van der Waals surface area contributed by atoms with E-state index in [0.717, 1.165) is 29.9 Å². The number of hydrogen-bond acceptors (Lipinski definition) is 2. The van der Waals surface area contributed by atoms with Crippen LogP contribution >= 0.6 is 0 Å². The number of aryl methyl sites for hydroxylation is 1. The molecule has 1 amide bonds. The second-order valence-corrected chi connectivity index (χ2v) is 5.30. The Bertz CT molecular complexity index is 533. The number of nitrogens with one attached hydrogen (secondary N) is 1. The third kappa shape index (κ3) is 3.36. The van der Waals surface area contributed by atoms with Crippen molar-refractivity contribution in [3.63, 3.8) is 0 Å². The SMILES string of the molecule is Cc1ccc(C#CCN)c(C(=O)NC2CC(C)C2)c1. The van der Waals surface area contributed by atoms with Crippen LogP contribution in [0.15, 0.2) is 18.2 Å². The van der Waals surface area contributed by atoms with Crippen LogP contribution in [0, 0.1) is 24.7 Å².